The van der Waals surface area contributed by atoms with Crippen molar-refractivity contribution < 1.29 is 19.4 Å². The SMILES string of the molecule is C#CCOCC(=O)N1[C@@H](C)SC[C@H]1C(=O)O. The van der Waals surface area contributed by atoms with Gasteiger partial charge in [0.15, 0.2) is 0 Å². The third kappa shape index (κ3) is 2.90. The van der Waals surface area contributed by atoms with Crippen LogP contribution in [0.2, 0.25) is 0 Å². The van der Waals surface area contributed by atoms with E-state index in [0.717, 1.165) is 0 Å². The Morgan fingerprint density at radius 1 is 1.69 bits per heavy atom. The molecule has 0 aliphatic carbocycles. The van der Waals surface area contributed by atoms with E-state index in [1.165, 1.54) is 16.7 Å². The van der Waals surface area contributed by atoms with Gasteiger partial charge in [-0.1, -0.05) is 5.92 Å². The van der Waals surface area contributed by atoms with Gasteiger partial charge >= 0.3 is 5.97 Å². The van der Waals surface area contributed by atoms with Crippen molar-refractivity contribution in [1.82, 2.24) is 4.90 Å². The van der Waals surface area contributed by atoms with E-state index in [2.05, 4.69) is 5.92 Å². The molecule has 1 fully saturated rings. The van der Waals surface area contributed by atoms with E-state index in [-0.39, 0.29) is 24.5 Å². The molecule has 1 aliphatic heterocycles. The first-order valence-electron chi connectivity index (χ1n) is 4.74. The summed E-state index contributed by atoms with van der Waals surface area (Å²) in [6.07, 6.45) is 4.97. The Labute approximate surface area is 98.1 Å². The van der Waals surface area contributed by atoms with E-state index in [1.54, 1.807) is 6.92 Å². The molecule has 0 aromatic carbocycles. The van der Waals surface area contributed by atoms with Crippen LogP contribution in [0, 0.1) is 12.3 Å². The largest absolute Gasteiger partial charge is 0.480 e. The van der Waals surface area contributed by atoms with E-state index in [1.807, 2.05) is 0 Å². The molecule has 0 unspecified atom stereocenters. The third-order valence-electron chi connectivity index (χ3n) is 2.21. The average Bonchev–Trinajstić information content (AvgIpc) is 2.60. The average molecular weight is 243 g/mol. The van der Waals surface area contributed by atoms with Crippen LogP contribution in [-0.2, 0) is 14.3 Å². The Bertz CT molecular complexity index is 325. The van der Waals surface area contributed by atoms with Gasteiger partial charge in [0.25, 0.3) is 0 Å². The van der Waals surface area contributed by atoms with Gasteiger partial charge in [0.1, 0.15) is 19.3 Å². The lowest BCUT2D eigenvalue weighted by Crippen LogP contribution is -2.46. The fourth-order valence-corrected chi connectivity index (χ4v) is 2.67. The highest BCUT2D eigenvalue weighted by molar-refractivity contribution is 8.00. The van der Waals surface area contributed by atoms with Gasteiger partial charge in [-0.05, 0) is 6.92 Å². The molecule has 1 saturated heterocycles. The Hall–Kier alpha value is -1.19. The molecule has 16 heavy (non-hydrogen) atoms. The highest BCUT2D eigenvalue weighted by atomic mass is 32.2. The van der Waals surface area contributed by atoms with Gasteiger partial charge < -0.3 is 14.7 Å². The zero-order valence-electron chi connectivity index (χ0n) is 8.88. The summed E-state index contributed by atoms with van der Waals surface area (Å²) in [6, 6.07) is -0.762. The van der Waals surface area contributed by atoms with Gasteiger partial charge in [-0.3, -0.25) is 4.79 Å². The van der Waals surface area contributed by atoms with Crippen LogP contribution in [0.3, 0.4) is 0 Å². The van der Waals surface area contributed by atoms with E-state index in [4.69, 9.17) is 16.3 Å². The number of carboxylic acid groups (broad SMARTS) is 1. The quantitative estimate of drug-likeness (QED) is 0.556. The van der Waals surface area contributed by atoms with Crippen LogP contribution >= 0.6 is 11.8 Å². The number of carbonyl (C=O) groups excluding carboxylic acids is 1. The number of ether oxygens (including phenoxy) is 1. The molecule has 0 saturated carbocycles. The van der Waals surface area contributed by atoms with Crippen molar-refractivity contribution in [3.8, 4) is 12.3 Å². The minimum absolute atomic E-state index is 0.0544. The smallest absolute Gasteiger partial charge is 0.327 e. The zero-order chi connectivity index (χ0) is 12.1. The number of carbonyl (C=O) groups is 2. The molecule has 1 rings (SSSR count). The molecule has 0 bridgehead atoms. The zero-order valence-corrected chi connectivity index (χ0v) is 9.70. The number of aliphatic carboxylic acids is 1. The molecule has 1 amide bonds. The number of carboxylic acids is 1. The Morgan fingerprint density at radius 3 is 2.94 bits per heavy atom. The van der Waals surface area contributed by atoms with Gasteiger partial charge in [-0.15, -0.1) is 18.2 Å². The number of hydrogen-bond donors (Lipinski definition) is 1. The van der Waals surface area contributed by atoms with Crippen LogP contribution in [-0.4, -0.2) is 52.3 Å². The lowest BCUT2D eigenvalue weighted by atomic mass is 10.3. The standard InChI is InChI=1S/C10H13NO4S/c1-3-4-15-5-9(12)11-7(2)16-6-8(11)10(13)14/h1,7-8H,4-6H2,2H3,(H,13,14)/t7-,8+/m1/s1. The van der Waals surface area contributed by atoms with Gasteiger partial charge in [0.2, 0.25) is 5.91 Å². The minimum Gasteiger partial charge on any atom is -0.480 e. The molecular weight excluding hydrogens is 230 g/mol. The molecule has 5 nitrogen and oxygen atoms in total. The monoisotopic (exact) mass is 243 g/mol. The molecule has 0 aromatic heterocycles. The summed E-state index contributed by atoms with van der Waals surface area (Å²) < 4.78 is 4.90. The van der Waals surface area contributed by atoms with Crippen LogP contribution < -0.4 is 0 Å². The van der Waals surface area contributed by atoms with E-state index in [9.17, 15) is 9.59 Å². The topological polar surface area (TPSA) is 66.8 Å². The van der Waals surface area contributed by atoms with E-state index < -0.39 is 12.0 Å². The summed E-state index contributed by atoms with van der Waals surface area (Å²) in [7, 11) is 0. The van der Waals surface area contributed by atoms with E-state index >= 15 is 0 Å². The van der Waals surface area contributed by atoms with Crippen molar-refractivity contribution in [1.29, 1.82) is 0 Å². The molecule has 0 spiro atoms. The maximum atomic E-state index is 11.7. The molecule has 88 valence electrons. The lowest BCUT2D eigenvalue weighted by molar-refractivity contribution is -0.150. The Morgan fingerprint density at radius 2 is 2.38 bits per heavy atom. The summed E-state index contributed by atoms with van der Waals surface area (Å²) in [5.41, 5.74) is 0. The predicted octanol–water partition coefficient (Wildman–Crippen LogP) is 0.0108. The molecule has 0 aromatic rings. The first kappa shape index (κ1) is 12.9. The Balaban J connectivity index is 2.58. The van der Waals surface area contributed by atoms with Gasteiger partial charge in [0, 0.05) is 5.75 Å². The summed E-state index contributed by atoms with van der Waals surface area (Å²) in [5, 5.41) is 8.81. The minimum atomic E-state index is -0.984. The number of nitrogens with zero attached hydrogens (tertiary/aromatic N) is 1. The number of terminal acetylenes is 1. The van der Waals surface area contributed by atoms with Crippen molar-refractivity contribution in [2.24, 2.45) is 0 Å². The van der Waals surface area contributed by atoms with Gasteiger partial charge in [0.05, 0.1) is 5.37 Å². The summed E-state index contributed by atoms with van der Waals surface area (Å²) in [6.45, 7) is 1.68. The second kappa shape index (κ2) is 5.77. The maximum absolute atomic E-state index is 11.7. The molecule has 1 N–H and O–H groups in total. The Kier molecular flexibility index (Phi) is 4.65. The first-order valence-corrected chi connectivity index (χ1v) is 5.79. The van der Waals surface area contributed by atoms with Crippen LogP contribution in [0.5, 0.6) is 0 Å². The number of rotatable bonds is 4. The lowest BCUT2D eigenvalue weighted by Gasteiger charge is -2.24. The molecule has 1 aliphatic rings. The van der Waals surface area contributed by atoms with Crippen molar-refractivity contribution in [3.63, 3.8) is 0 Å². The van der Waals surface area contributed by atoms with Crippen molar-refractivity contribution >= 4 is 23.6 Å². The second-order valence-corrected chi connectivity index (χ2v) is 4.63. The number of amides is 1. The van der Waals surface area contributed by atoms with Crippen molar-refractivity contribution in [2.45, 2.75) is 18.3 Å². The number of thioether (sulfide) groups is 1. The summed E-state index contributed by atoms with van der Waals surface area (Å²) >= 11 is 1.44. The maximum Gasteiger partial charge on any atom is 0.327 e. The molecule has 0 radical (unpaired) electrons. The van der Waals surface area contributed by atoms with Crippen LogP contribution in [0.15, 0.2) is 0 Å². The highest BCUT2D eigenvalue weighted by Crippen LogP contribution is 2.28. The predicted molar refractivity (Wildman–Crippen MR) is 59.8 cm³/mol. The highest BCUT2D eigenvalue weighted by Gasteiger charge is 2.39. The van der Waals surface area contributed by atoms with Gasteiger partial charge in [-0.25, -0.2) is 4.79 Å². The fourth-order valence-electron chi connectivity index (χ4n) is 1.48. The molecule has 1 heterocycles. The van der Waals surface area contributed by atoms with Crippen molar-refractivity contribution in [2.75, 3.05) is 19.0 Å². The van der Waals surface area contributed by atoms with E-state index in [0.29, 0.717) is 5.75 Å². The molecular formula is C10H13NO4S. The fraction of sp³-hybridized carbons (Fsp3) is 0.600. The second-order valence-electron chi connectivity index (χ2n) is 3.28. The van der Waals surface area contributed by atoms with Crippen molar-refractivity contribution in [3.05, 3.63) is 0 Å². The number of hydrogen-bond acceptors (Lipinski definition) is 4. The molecule has 6 heteroatoms. The molecule has 2 atom stereocenters. The first-order chi connectivity index (χ1) is 7.57. The third-order valence-corrected chi connectivity index (χ3v) is 3.42. The van der Waals surface area contributed by atoms with Crippen LogP contribution in [0.1, 0.15) is 6.92 Å². The summed E-state index contributed by atoms with van der Waals surface area (Å²) in [5.74, 6) is 1.34. The normalized spacial score (nSPS) is 24.1. The van der Waals surface area contributed by atoms with Crippen LogP contribution in [0.4, 0.5) is 0 Å². The van der Waals surface area contributed by atoms with Crippen LogP contribution in [0.25, 0.3) is 0 Å². The van der Waals surface area contributed by atoms with Gasteiger partial charge in [-0.2, -0.15) is 0 Å². The summed E-state index contributed by atoms with van der Waals surface area (Å²) in [4.78, 5) is 23.9.